The molecule has 0 aliphatic carbocycles. The van der Waals surface area contributed by atoms with Crippen LogP contribution in [0.15, 0.2) is 63.9 Å². The number of methoxy groups -OCH3 is 1. The molecule has 4 aromatic rings. The van der Waals surface area contributed by atoms with Crippen LogP contribution in [0, 0.1) is 6.92 Å². The zero-order chi connectivity index (χ0) is 22.7. The largest absolute Gasteiger partial charge is 0.497 e. The lowest BCUT2D eigenvalue weighted by molar-refractivity contribution is -0.116. The van der Waals surface area contributed by atoms with E-state index in [1.54, 1.807) is 25.8 Å². The molecule has 0 spiro atoms. The SMILES string of the molecule is COc1ccc(-c2noc(CCC(=O)Nc3c(C)n(C)n(-c4ccccc4)c3=O)n2)cc1. The van der Waals surface area contributed by atoms with Gasteiger partial charge in [0.05, 0.1) is 18.5 Å². The Morgan fingerprint density at radius 2 is 1.84 bits per heavy atom. The molecule has 1 N–H and O–H groups in total. The topological polar surface area (TPSA) is 104 Å². The minimum Gasteiger partial charge on any atom is -0.497 e. The number of nitrogens with one attached hydrogen (secondary N) is 1. The van der Waals surface area contributed by atoms with E-state index in [0.29, 0.717) is 17.4 Å². The number of aryl methyl sites for hydroxylation is 1. The van der Waals surface area contributed by atoms with E-state index in [9.17, 15) is 9.59 Å². The molecule has 0 atom stereocenters. The van der Waals surface area contributed by atoms with E-state index in [2.05, 4.69) is 15.5 Å². The smallest absolute Gasteiger partial charge is 0.295 e. The predicted molar refractivity (Wildman–Crippen MR) is 119 cm³/mol. The molecule has 9 nitrogen and oxygen atoms in total. The Bertz CT molecular complexity index is 1290. The summed E-state index contributed by atoms with van der Waals surface area (Å²) in [5.74, 6) is 1.21. The third kappa shape index (κ3) is 4.18. The summed E-state index contributed by atoms with van der Waals surface area (Å²) in [7, 11) is 3.37. The van der Waals surface area contributed by atoms with Gasteiger partial charge in [-0.2, -0.15) is 4.98 Å². The van der Waals surface area contributed by atoms with Crippen LogP contribution in [0.3, 0.4) is 0 Å². The highest BCUT2D eigenvalue weighted by Gasteiger charge is 2.18. The van der Waals surface area contributed by atoms with Gasteiger partial charge in [-0.05, 0) is 43.3 Å². The van der Waals surface area contributed by atoms with Crippen LogP contribution in [-0.4, -0.2) is 32.5 Å². The molecule has 1 amide bonds. The number of carbonyl (C=O) groups excluding carboxylic acids is 1. The Hall–Kier alpha value is -4.14. The van der Waals surface area contributed by atoms with Crippen LogP contribution >= 0.6 is 0 Å². The predicted octanol–water partition coefficient (Wildman–Crippen LogP) is 3.11. The van der Waals surface area contributed by atoms with Gasteiger partial charge < -0.3 is 14.6 Å². The van der Waals surface area contributed by atoms with Crippen molar-refractivity contribution in [3.05, 3.63) is 76.5 Å². The van der Waals surface area contributed by atoms with E-state index in [1.165, 1.54) is 4.68 Å². The first-order valence-electron chi connectivity index (χ1n) is 10.1. The van der Waals surface area contributed by atoms with Crippen molar-refractivity contribution in [1.82, 2.24) is 19.5 Å². The van der Waals surface area contributed by atoms with E-state index in [-0.39, 0.29) is 30.0 Å². The molecule has 2 heterocycles. The van der Waals surface area contributed by atoms with Crippen molar-refractivity contribution in [1.29, 1.82) is 0 Å². The average molecular weight is 433 g/mol. The van der Waals surface area contributed by atoms with Crippen LogP contribution in [0.5, 0.6) is 5.75 Å². The number of amides is 1. The standard InChI is InChI=1S/C23H23N5O4/c1-15-21(23(30)28(27(15)2)17-7-5-4-6-8-17)24-19(29)13-14-20-25-22(26-32-20)16-9-11-18(31-3)12-10-16/h4-12H,13-14H2,1-3H3,(H,24,29). The Morgan fingerprint density at radius 3 is 2.53 bits per heavy atom. The highest BCUT2D eigenvalue weighted by atomic mass is 16.5. The molecule has 0 saturated carbocycles. The maximum Gasteiger partial charge on any atom is 0.295 e. The van der Waals surface area contributed by atoms with E-state index < -0.39 is 0 Å². The van der Waals surface area contributed by atoms with Crippen molar-refractivity contribution < 1.29 is 14.1 Å². The van der Waals surface area contributed by atoms with E-state index in [4.69, 9.17) is 9.26 Å². The summed E-state index contributed by atoms with van der Waals surface area (Å²) in [5, 5.41) is 6.70. The summed E-state index contributed by atoms with van der Waals surface area (Å²) < 4.78 is 13.6. The summed E-state index contributed by atoms with van der Waals surface area (Å²) in [6.07, 6.45) is 0.358. The molecular weight excluding hydrogens is 410 g/mol. The number of anilines is 1. The molecular formula is C23H23N5O4. The molecule has 0 aliphatic rings. The minimum atomic E-state index is -0.305. The van der Waals surface area contributed by atoms with Crippen molar-refractivity contribution in [3.63, 3.8) is 0 Å². The Morgan fingerprint density at radius 1 is 1.12 bits per heavy atom. The van der Waals surface area contributed by atoms with Gasteiger partial charge in [0.2, 0.25) is 17.6 Å². The van der Waals surface area contributed by atoms with Gasteiger partial charge in [0.15, 0.2) is 0 Å². The van der Waals surface area contributed by atoms with Gasteiger partial charge in [-0.25, -0.2) is 4.68 Å². The van der Waals surface area contributed by atoms with Crippen molar-refractivity contribution in [2.75, 3.05) is 12.4 Å². The molecule has 164 valence electrons. The number of benzene rings is 2. The van der Waals surface area contributed by atoms with Crippen molar-refractivity contribution in [2.45, 2.75) is 19.8 Å². The third-order valence-electron chi connectivity index (χ3n) is 5.20. The van der Waals surface area contributed by atoms with Crippen molar-refractivity contribution in [3.8, 4) is 22.8 Å². The number of nitrogens with zero attached hydrogens (tertiary/aromatic N) is 4. The number of ether oxygens (including phenoxy) is 1. The number of aromatic nitrogens is 4. The molecule has 0 unspecified atom stereocenters. The highest BCUT2D eigenvalue weighted by molar-refractivity contribution is 5.91. The fourth-order valence-electron chi connectivity index (χ4n) is 3.35. The van der Waals surface area contributed by atoms with Crippen LogP contribution in [0.2, 0.25) is 0 Å². The lowest BCUT2D eigenvalue weighted by Gasteiger charge is -2.07. The van der Waals surface area contributed by atoms with Gasteiger partial charge in [-0.1, -0.05) is 23.4 Å². The Kier molecular flexibility index (Phi) is 5.89. The monoisotopic (exact) mass is 433 g/mol. The Balaban J connectivity index is 1.43. The molecule has 0 radical (unpaired) electrons. The normalized spacial score (nSPS) is 10.8. The second-order valence-electron chi connectivity index (χ2n) is 7.22. The molecule has 2 aromatic carbocycles. The second-order valence-corrected chi connectivity index (χ2v) is 7.22. The van der Waals surface area contributed by atoms with Crippen LogP contribution in [0.1, 0.15) is 18.0 Å². The van der Waals surface area contributed by atoms with Crippen LogP contribution in [0.4, 0.5) is 5.69 Å². The highest BCUT2D eigenvalue weighted by Crippen LogP contribution is 2.20. The van der Waals surface area contributed by atoms with Gasteiger partial charge in [-0.3, -0.25) is 14.3 Å². The zero-order valence-corrected chi connectivity index (χ0v) is 18.0. The molecule has 9 heteroatoms. The van der Waals surface area contributed by atoms with Crippen molar-refractivity contribution in [2.24, 2.45) is 7.05 Å². The molecule has 2 aromatic heterocycles. The molecule has 0 bridgehead atoms. The first-order chi connectivity index (χ1) is 15.5. The second kappa shape index (κ2) is 8.93. The van der Waals surface area contributed by atoms with Crippen molar-refractivity contribution >= 4 is 11.6 Å². The number of carbonyl (C=O) groups is 1. The third-order valence-corrected chi connectivity index (χ3v) is 5.20. The first kappa shape index (κ1) is 21.1. The average Bonchev–Trinajstić information content (AvgIpc) is 3.37. The lowest BCUT2D eigenvalue weighted by atomic mass is 10.2. The van der Waals surface area contributed by atoms with E-state index in [1.807, 2.05) is 54.6 Å². The maximum absolute atomic E-state index is 12.9. The van der Waals surface area contributed by atoms with Crippen LogP contribution < -0.4 is 15.6 Å². The summed E-state index contributed by atoms with van der Waals surface area (Å²) >= 11 is 0. The molecule has 32 heavy (non-hydrogen) atoms. The van der Waals surface area contributed by atoms with E-state index >= 15 is 0 Å². The number of hydrogen-bond donors (Lipinski definition) is 1. The lowest BCUT2D eigenvalue weighted by Crippen LogP contribution is -2.23. The molecule has 0 saturated heterocycles. The van der Waals surface area contributed by atoms with E-state index in [0.717, 1.165) is 17.0 Å². The summed E-state index contributed by atoms with van der Waals surface area (Å²) in [5.41, 5.74) is 2.13. The van der Waals surface area contributed by atoms with Crippen LogP contribution in [-0.2, 0) is 18.3 Å². The van der Waals surface area contributed by atoms with Gasteiger partial charge in [0.1, 0.15) is 11.4 Å². The summed E-state index contributed by atoms with van der Waals surface area (Å²) in [4.78, 5) is 29.8. The zero-order valence-electron chi connectivity index (χ0n) is 18.0. The van der Waals surface area contributed by atoms with Gasteiger partial charge in [0.25, 0.3) is 5.56 Å². The first-order valence-corrected chi connectivity index (χ1v) is 10.1. The number of rotatable bonds is 7. The molecule has 0 aliphatic heterocycles. The fourth-order valence-corrected chi connectivity index (χ4v) is 3.35. The quantitative estimate of drug-likeness (QED) is 0.480. The van der Waals surface area contributed by atoms with Crippen LogP contribution in [0.25, 0.3) is 17.1 Å². The van der Waals surface area contributed by atoms with Gasteiger partial charge in [0, 0.05) is 25.5 Å². The van der Waals surface area contributed by atoms with Gasteiger partial charge in [-0.15, -0.1) is 0 Å². The minimum absolute atomic E-state index is 0.101. The molecule has 0 fully saturated rings. The summed E-state index contributed by atoms with van der Waals surface area (Å²) in [6.45, 7) is 1.79. The van der Waals surface area contributed by atoms with Gasteiger partial charge >= 0.3 is 0 Å². The molecule has 4 rings (SSSR count). The number of hydrogen-bond acceptors (Lipinski definition) is 6. The summed E-state index contributed by atoms with van der Waals surface area (Å²) in [6, 6.07) is 16.5. The maximum atomic E-state index is 12.9. The Labute approximate surface area is 184 Å². The number of para-hydroxylation sites is 1. The fraction of sp³-hybridized carbons (Fsp3) is 0.217.